The van der Waals surface area contributed by atoms with Crippen LogP contribution in [0.5, 0.6) is 0 Å². The molecule has 0 spiro atoms. The molecular weight excluding hydrogens is 405 g/mol. The van der Waals surface area contributed by atoms with E-state index in [-0.39, 0.29) is 18.8 Å². The monoisotopic (exact) mass is 423 g/mol. The van der Waals surface area contributed by atoms with Crippen LogP contribution in [-0.4, -0.2) is 62.4 Å². The highest BCUT2D eigenvalue weighted by Crippen LogP contribution is 2.28. The maximum absolute atomic E-state index is 13.7. The summed E-state index contributed by atoms with van der Waals surface area (Å²) in [7, 11) is -0.934. The van der Waals surface area contributed by atoms with Crippen LogP contribution >= 0.6 is 0 Å². The number of nitrogens with one attached hydrogen (secondary N) is 1. The summed E-state index contributed by atoms with van der Waals surface area (Å²) >= 11 is 0. The van der Waals surface area contributed by atoms with E-state index in [0.29, 0.717) is 4.90 Å². The Hall–Kier alpha value is -2.00. The van der Waals surface area contributed by atoms with Gasteiger partial charge in [-0.15, -0.1) is 0 Å². The first kappa shape index (κ1) is 23.0. The number of anilines is 1. The van der Waals surface area contributed by atoms with Gasteiger partial charge in [0.25, 0.3) is 16.1 Å². The number of halogens is 5. The van der Waals surface area contributed by atoms with Gasteiger partial charge in [0.1, 0.15) is 18.6 Å². The number of aryl methyl sites for hydroxylation is 1. The molecule has 9 nitrogen and oxygen atoms in total. The van der Waals surface area contributed by atoms with Crippen molar-refractivity contribution < 1.29 is 45.2 Å². The number of aliphatic carboxylic acids is 1. The second-order valence-corrected chi connectivity index (χ2v) is 7.47. The highest BCUT2D eigenvalue weighted by Gasteiger charge is 2.46. The molecule has 1 saturated heterocycles. The fourth-order valence-electron chi connectivity index (χ4n) is 2.66. The van der Waals surface area contributed by atoms with E-state index in [1.807, 2.05) is 0 Å². The second kappa shape index (κ2) is 7.93. The molecule has 3 N–H and O–H groups in total. The largest absolute Gasteiger partial charge is 0.542 e. The molecule has 2 heterocycles. The first-order valence-electron chi connectivity index (χ1n) is 7.31. The van der Waals surface area contributed by atoms with E-state index in [1.54, 1.807) is 14.1 Å². The number of carboxylic acid groups (broad SMARTS) is 1. The smallest absolute Gasteiger partial charge is 0.430 e. The van der Waals surface area contributed by atoms with Crippen molar-refractivity contribution in [2.45, 2.75) is 24.6 Å². The SMILES string of the molecule is Cn1cc(N(C2C[NH+](C)CC(F)(F)C2)S(N)(=O)=O)cn1.O=C([O-])C(F)(F)F. The summed E-state index contributed by atoms with van der Waals surface area (Å²) in [6, 6.07) is -0.891. The summed E-state index contributed by atoms with van der Waals surface area (Å²) in [5, 5.41) is 17.8. The van der Waals surface area contributed by atoms with Gasteiger partial charge in [0, 0.05) is 19.7 Å². The maximum atomic E-state index is 13.7. The first-order valence-corrected chi connectivity index (χ1v) is 8.81. The van der Waals surface area contributed by atoms with Crippen LogP contribution < -0.4 is 19.5 Å². The molecule has 1 fully saturated rings. The number of nitrogens with two attached hydrogens (primary N) is 1. The molecule has 2 unspecified atom stereocenters. The normalized spacial score (nSPS) is 22.5. The Labute approximate surface area is 151 Å². The molecule has 2 atom stereocenters. The van der Waals surface area contributed by atoms with Gasteiger partial charge in [-0.2, -0.15) is 26.7 Å². The van der Waals surface area contributed by atoms with Crippen LogP contribution in [0.3, 0.4) is 0 Å². The Kier molecular flexibility index (Phi) is 6.77. The summed E-state index contributed by atoms with van der Waals surface area (Å²) in [6.07, 6.45) is -3.01. The van der Waals surface area contributed by atoms with E-state index in [1.165, 1.54) is 17.1 Å². The number of aromatic nitrogens is 2. The summed E-state index contributed by atoms with van der Waals surface area (Å²) in [4.78, 5) is 9.34. The lowest BCUT2D eigenvalue weighted by Crippen LogP contribution is -3.13. The zero-order valence-corrected chi connectivity index (χ0v) is 15.0. The fourth-order valence-corrected chi connectivity index (χ4v) is 3.61. The van der Waals surface area contributed by atoms with Crippen molar-refractivity contribution in [2.24, 2.45) is 12.2 Å². The van der Waals surface area contributed by atoms with Crippen molar-refractivity contribution in [2.75, 3.05) is 24.4 Å². The van der Waals surface area contributed by atoms with Gasteiger partial charge in [-0.1, -0.05) is 0 Å². The van der Waals surface area contributed by atoms with Gasteiger partial charge in [0.05, 0.1) is 25.5 Å². The lowest BCUT2D eigenvalue weighted by Gasteiger charge is -2.37. The summed E-state index contributed by atoms with van der Waals surface area (Å²) in [6.45, 7) is -0.0457. The third-order valence-electron chi connectivity index (χ3n) is 3.46. The maximum Gasteiger partial charge on any atom is 0.430 e. The van der Waals surface area contributed by atoms with Gasteiger partial charge in [-0.3, -0.25) is 4.68 Å². The topological polar surface area (TPSA) is 126 Å². The number of rotatable bonds is 3. The van der Waals surface area contributed by atoms with Crippen LogP contribution in [-0.2, 0) is 22.1 Å². The molecule has 1 aliphatic heterocycles. The number of carbonyl (C=O) groups excluding carboxylic acids is 1. The zero-order valence-electron chi connectivity index (χ0n) is 14.2. The Morgan fingerprint density at radius 2 is 2.00 bits per heavy atom. The van der Waals surface area contributed by atoms with Crippen molar-refractivity contribution in [1.82, 2.24) is 9.78 Å². The third kappa shape index (κ3) is 6.91. The van der Waals surface area contributed by atoms with Crippen LogP contribution in [0.2, 0.25) is 0 Å². The van der Waals surface area contributed by atoms with E-state index in [4.69, 9.17) is 15.0 Å². The van der Waals surface area contributed by atoms with Gasteiger partial charge < -0.3 is 14.8 Å². The molecule has 15 heteroatoms. The molecule has 0 radical (unpaired) electrons. The van der Waals surface area contributed by atoms with Gasteiger partial charge in [0.2, 0.25) is 0 Å². The highest BCUT2D eigenvalue weighted by molar-refractivity contribution is 7.90. The molecular formula is C12H18F5N5O4S. The molecule has 0 aromatic carbocycles. The summed E-state index contributed by atoms with van der Waals surface area (Å²) in [5.41, 5.74) is 0.200. The number of likely N-dealkylation sites (N-methyl/N-ethyl adjacent to an activating group) is 1. The number of hydrogen-bond donors (Lipinski definition) is 2. The Balaban J connectivity index is 0.000000445. The Morgan fingerprint density at radius 3 is 2.33 bits per heavy atom. The molecule has 0 saturated carbocycles. The molecule has 0 amide bonds. The quantitative estimate of drug-likeness (QED) is 0.527. The van der Waals surface area contributed by atoms with Crippen LogP contribution in [0.4, 0.5) is 27.6 Å². The predicted molar refractivity (Wildman–Crippen MR) is 79.8 cm³/mol. The lowest BCUT2D eigenvalue weighted by molar-refractivity contribution is -0.894. The van der Waals surface area contributed by atoms with E-state index in [2.05, 4.69) is 5.10 Å². The minimum atomic E-state index is -5.19. The van der Waals surface area contributed by atoms with E-state index < -0.39 is 40.7 Å². The van der Waals surface area contributed by atoms with Gasteiger partial charge >= 0.3 is 6.18 Å². The molecule has 156 valence electrons. The van der Waals surface area contributed by atoms with Crippen molar-refractivity contribution in [3.63, 3.8) is 0 Å². The van der Waals surface area contributed by atoms with E-state index >= 15 is 0 Å². The minimum Gasteiger partial charge on any atom is -0.542 e. The lowest BCUT2D eigenvalue weighted by atomic mass is 10.0. The molecule has 0 aliphatic carbocycles. The number of carbonyl (C=O) groups is 1. The zero-order chi connectivity index (χ0) is 21.2. The van der Waals surface area contributed by atoms with Crippen LogP contribution in [0.15, 0.2) is 12.4 Å². The molecule has 2 rings (SSSR count). The van der Waals surface area contributed by atoms with Gasteiger partial charge in [0.15, 0.2) is 0 Å². The summed E-state index contributed by atoms with van der Waals surface area (Å²) < 4.78 is 84.7. The van der Waals surface area contributed by atoms with Gasteiger partial charge in [-0.05, 0) is 0 Å². The molecule has 1 aliphatic rings. The third-order valence-corrected chi connectivity index (χ3v) is 4.52. The van der Waals surface area contributed by atoms with Crippen LogP contribution in [0.25, 0.3) is 0 Å². The van der Waals surface area contributed by atoms with Gasteiger partial charge in [-0.25, -0.2) is 18.2 Å². The fraction of sp³-hybridized carbons (Fsp3) is 0.667. The Morgan fingerprint density at radius 1 is 1.48 bits per heavy atom. The van der Waals surface area contributed by atoms with Crippen molar-refractivity contribution >= 4 is 21.9 Å². The molecule has 0 bridgehead atoms. The number of quaternary nitrogens is 1. The number of alkyl halides is 5. The van der Waals surface area contributed by atoms with E-state index in [9.17, 15) is 30.4 Å². The number of nitrogens with zero attached hydrogens (tertiary/aromatic N) is 3. The van der Waals surface area contributed by atoms with Crippen LogP contribution in [0.1, 0.15) is 6.42 Å². The number of piperidine rings is 1. The molecule has 27 heavy (non-hydrogen) atoms. The van der Waals surface area contributed by atoms with Crippen molar-refractivity contribution in [3.8, 4) is 0 Å². The standard InChI is InChI=1S/C10H17F2N5O2S.C2HF3O2/c1-15-5-8(3-10(11,12)7-15)17(20(13,18)19)9-4-14-16(2)6-9;3-2(4,5)1(6)7/h4,6,8H,3,5,7H2,1-2H3,(H2,13,18,19);(H,6,7). The predicted octanol–water partition coefficient (Wildman–Crippen LogP) is -2.35. The molecule has 1 aromatic heterocycles. The highest BCUT2D eigenvalue weighted by atomic mass is 32.2. The average Bonchev–Trinajstić information content (AvgIpc) is 2.80. The average molecular weight is 423 g/mol. The first-order chi connectivity index (χ1) is 12.0. The van der Waals surface area contributed by atoms with Crippen molar-refractivity contribution in [1.29, 1.82) is 0 Å². The Bertz CT molecular complexity index is 766. The van der Waals surface area contributed by atoms with Crippen LogP contribution in [0, 0.1) is 0 Å². The number of hydrogen-bond acceptors (Lipinski definition) is 5. The summed E-state index contributed by atoms with van der Waals surface area (Å²) in [5.74, 6) is -5.93. The van der Waals surface area contributed by atoms with E-state index in [0.717, 1.165) is 4.31 Å². The van der Waals surface area contributed by atoms with Crippen molar-refractivity contribution in [3.05, 3.63) is 12.4 Å². The molecule has 1 aromatic rings. The second-order valence-electron chi connectivity index (χ2n) is 6.05. The number of carboxylic acids is 1. The number of likely N-dealkylation sites (tertiary alicyclic amines) is 1. The minimum absolute atomic E-state index is 0.200.